The lowest BCUT2D eigenvalue weighted by Gasteiger charge is -2.00. The summed E-state index contributed by atoms with van der Waals surface area (Å²) in [5.74, 6) is -0.0958. The van der Waals surface area contributed by atoms with E-state index in [1.54, 1.807) is 18.3 Å². The summed E-state index contributed by atoms with van der Waals surface area (Å²) in [5.41, 5.74) is 2.86. The lowest BCUT2D eigenvalue weighted by atomic mass is 10.1. The molecule has 104 valence electrons. The van der Waals surface area contributed by atoms with Gasteiger partial charge in [0.25, 0.3) is 5.91 Å². The quantitative estimate of drug-likeness (QED) is 0.732. The maximum Gasteiger partial charge on any atom is 0.278 e. The summed E-state index contributed by atoms with van der Waals surface area (Å²) in [6.07, 6.45) is 3.49. The van der Waals surface area contributed by atoms with Crippen LogP contribution < -0.4 is 0 Å². The van der Waals surface area contributed by atoms with E-state index in [-0.39, 0.29) is 5.91 Å². The summed E-state index contributed by atoms with van der Waals surface area (Å²) in [6.45, 7) is 0. The predicted molar refractivity (Wildman–Crippen MR) is 82.2 cm³/mol. The van der Waals surface area contributed by atoms with Crippen LogP contribution in [-0.2, 0) is 12.8 Å². The molecule has 0 saturated heterocycles. The number of aryl methyl sites for hydroxylation is 2. The smallest absolute Gasteiger partial charge is 0.267 e. The Morgan fingerprint density at radius 2 is 1.52 bits per heavy atom. The van der Waals surface area contributed by atoms with E-state index in [2.05, 4.69) is 17.2 Å². The van der Waals surface area contributed by atoms with Crippen molar-refractivity contribution in [2.75, 3.05) is 0 Å². The molecule has 21 heavy (non-hydrogen) atoms. The molecule has 3 aromatic rings. The number of nitrogens with zero attached hydrogens (tertiary/aromatic N) is 2. The van der Waals surface area contributed by atoms with Crippen LogP contribution in [0.1, 0.15) is 21.6 Å². The molecule has 0 N–H and O–H groups in total. The van der Waals surface area contributed by atoms with Gasteiger partial charge in [0.2, 0.25) is 0 Å². The highest BCUT2D eigenvalue weighted by atomic mass is 16.2. The molecule has 0 aliphatic heterocycles. The van der Waals surface area contributed by atoms with Crippen LogP contribution in [0.2, 0.25) is 0 Å². The molecular formula is C18H16N2O. The Hall–Kier alpha value is -2.68. The SMILES string of the molecule is O=C(c1ccccc1)n1ccc(CCc2ccccc2)n1. The van der Waals surface area contributed by atoms with Crippen molar-refractivity contribution in [3.8, 4) is 0 Å². The Labute approximate surface area is 123 Å². The van der Waals surface area contributed by atoms with Crippen molar-refractivity contribution in [1.29, 1.82) is 0 Å². The first kappa shape index (κ1) is 13.3. The maximum atomic E-state index is 12.2. The van der Waals surface area contributed by atoms with Crippen LogP contribution >= 0.6 is 0 Å². The summed E-state index contributed by atoms with van der Waals surface area (Å²) >= 11 is 0. The Kier molecular flexibility index (Phi) is 3.92. The molecule has 0 aliphatic carbocycles. The summed E-state index contributed by atoms with van der Waals surface area (Å²) in [4.78, 5) is 12.2. The van der Waals surface area contributed by atoms with Crippen LogP contribution in [0.5, 0.6) is 0 Å². The van der Waals surface area contributed by atoms with Crippen molar-refractivity contribution >= 4 is 5.91 Å². The number of aromatic nitrogens is 2. The molecule has 0 unspecified atom stereocenters. The van der Waals surface area contributed by atoms with Crippen LogP contribution in [0, 0.1) is 0 Å². The van der Waals surface area contributed by atoms with Gasteiger partial charge in [0.15, 0.2) is 0 Å². The number of rotatable bonds is 4. The van der Waals surface area contributed by atoms with E-state index in [0.717, 1.165) is 18.5 Å². The Morgan fingerprint density at radius 3 is 2.24 bits per heavy atom. The third-order valence-electron chi connectivity index (χ3n) is 3.39. The summed E-state index contributed by atoms with van der Waals surface area (Å²) < 4.78 is 1.41. The highest BCUT2D eigenvalue weighted by Gasteiger charge is 2.09. The van der Waals surface area contributed by atoms with E-state index < -0.39 is 0 Å². The standard InChI is InChI=1S/C18H16N2O/c21-18(16-9-5-2-6-10-16)20-14-13-17(19-20)12-11-15-7-3-1-4-8-15/h1-10,13-14H,11-12H2. The zero-order valence-electron chi connectivity index (χ0n) is 11.6. The highest BCUT2D eigenvalue weighted by Crippen LogP contribution is 2.07. The largest absolute Gasteiger partial charge is 0.278 e. The second-order valence-corrected chi connectivity index (χ2v) is 4.91. The maximum absolute atomic E-state index is 12.2. The summed E-state index contributed by atoms with van der Waals surface area (Å²) in [5, 5.41) is 4.37. The predicted octanol–water partition coefficient (Wildman–Crippen LogP) is 3.36. The van der Waals surface area contributed by atoms with E-state index in [4.69, 9.17) is 0 Å². The fourth-order valence-electron chi connectivity index (χ4n) is 2.24. The van der Waals surface area contributed by atoms with Gasteiger partial charge < -0.3 is 0 Å². The zero-order valence-corrected chi connectivity index (χ0v) is 11.6. The molecule has 0 saturated carbocycles. The molecular weight excluding hydrogens is 260 g/mol. The Balaban J connectivity index is 1.68. The lowest BCUT2D eigenvalue weighted by Crippen LogP contribution is -2.12. The molecule has 3 nitrogen and oxygen atoms in total. The van der Waals surface area contributed by atoms with Gasteiger partial charge in [0.05, 0.1) is 5.69 Å². The third kappa shape index (κ3) is 3.26. The number of carbonyl (C=O) groups excluding carboxylic acids is 1. The number of hydrogen-bond donors (Lipinski definition) is 0. The van der Waals surface area contributed by atoms with E-state index in [9.17, 15) is 4.79 Å². The average molecular weight is 276 g/mol. The first-order valence-corrected chi connectivity index (χ1v) is 7.01. The van der Waals surface area contributed by atoms with Crippen LogP contribution in [0.15, 0.2) is 72.9 Å². The molecule has 1 aromatic heterocycles. The van der Waals surface area contributed by atoms with Gasteiger partial charge in [0, 0.05) is 11.8 Å². The molecule has 0 amide bonds. The van der Waals surface area contributed by atoms with Crippen molar-refractivity contribution in [3.05, 3.63) is 89.7 Å². The second kappa shape index (κ2) is 6.18. The summed E-state index contributed by atoms with van der Waals surface area (Å²) in [6, 6.07) is 21.4. The first-order chi connectivity index (χ1) is 10.3. The normalized spacial score (nSPS) is 10.5. The van der Waals surface area contributed by atoms with Crippen molar-refractivity contribution < 1.29 is 4.79 Å². The Bertz CT molecular complexity index is 717. The molecule has 2 aromatic carbocycles. The van der Waals surface area contributed by atoms with Gasteiger partial charge in [-0.1, -0.05) is 48.5 Å². The number of hydrogen-bond acceptors (Lipinski definition) is 2. The molecule has 1 heterocycles. The van der Waals surface area contributed by atoms with E-state index >= 15 is 0 Å². The fourth-order valence-corrected chi connectivity index (χ4v) is 2.24. The van der Waals surface area contributed by atoms with Crippen molar-refractivity contribution in [3.63, 3.8) is 0 Å². The van der Waals surface area contributed by atoms with E-state index in [1.165, 1.54) is 10.2 Å². The van der Waals surface area contributed by atoms with E-state index in [0.29, 0.717) is 5.56 Å². The molecule has 0 fully saturated rings. The molecule has 0 radical (unpaired) electrons. The zero-order chi connectivity index (χ0) is 14.5. The third-order valence-corrected chi connectivity index (χ3v) is 3.39. The van der Waals surface area contributed by atoms with Crippen LogP contribution in [0.4, 0.5) is 0 Å². The topological polar surface area (TPSA) is 34.9 Å². The van der Waals surface area contributed by atoms with Gasteiger partial charge in [-0.3, -0.25) is 4.79 Å². The molecule has 0 atom stereocenters. The number of benzene rings is 2. The second-order valence-electron chi connectivity index (χ2n) is 4.91. The van der Waals surface area contributed by atoms with Gasteiger partial charge in [-0.2, -0.15) is 5.10 Å². The van der Waals surface area contributed by atoms with Crippen LogP contribution in [0.3, 0.4) is 0 Å². The fraction of sp³-hybridized carbons (Fsp3) is 0.111. The Morgan fingerprint density at radius 1 is 0.857 bits per heavy atom. The highest BCUT2D eigenvalue weighted by molar-refractivity contribution is 5.95. The summed E-state index contributed by atoms with van der Waals surface area (Å²) in [7, 11) is 0. The average Bonchev–Trinajstić information content (AvgIpc) is 3.03. The first-order valence-electron chi connectivity index (χ1n) is 7.01. The lowest BCUT2D eigenvalue weighted by molar-refractivity contribution is 0.0944. The van der Waals surface area contributed by atoms with Gasteiger partial charge in [-0.05, 0) is 36.6 Å². The van der Waals surface area contributed by atoms with Gasteiger partial charge >= 0.3 is 0 Å². The minimum absolute atomic E-state index is 0.0958. The molecule has 0 spiro atoms. The van der Waals surface area contributed by atoms with Gasteiger partial charge in [-0.25, -0.2) is 4.68 Å². The number of carbonyl (C=O) groups is 1. The molecule has 0 aliphatic rings. The minimum atomic E-state index is -0.0958. The minimum Gasteiger partial charge on any atom is -0.267 e. The van der Waals surface area contributed by atoms with Gasteiger partial charge in [-0.15, -0.1) is 0 Å². The van der Waals surface area contributed by atoms with Crippen molar-refractivity contribution in [1.82, 2.24) is 9.78 Å². The molecule has 3 rings (SSSR count). The van der Waals surface area contributed by atoms with Crippen molar-refractivity contribution in [2.24, 2.45) is 0 Å². The van der Waals surface area contributed by atoms with Crippen LogP contribution in [0.25, 0.3) is 0 Å². The van der Waals surface area contributed by atoms with Crippen LogP contribution in [-0.4, -0.2) is 15.7 Å². The van der Waals surface area contributed by atoms with E-state index in [1.807, 2.05) is 42.5 Å². The molecule has 0 bridgehead atoms. The monoisotopic (exact) mass is 276 g/mol. The van der Waals surface area contributed by atoms with Crippen molar-refractivity contribution in [2.45, 2.75) is 12.8 Å². The molecule has 3 heteroatoms. The van der Waals surface area contributed by atoms with Gasteiger partial charge in [0.1, 0.15) is 0 Å².